The Morgan fingerprint density at radius 3 is 2.57 bits per heavy atom. The highest BCUT2D eigenvalue weighted by Gasteiger charge is 2.15. The Morgan fingerprint density at radius 2 is 1.95 bits per heavy atom. The Kier molecular flexibility index (Phi) is 4.98. The topological polar surface area (TPSA) is 84.3 Å². The lowest BCUT2D eigenvalue weighted by molar-refractivity contribution is 0.188. The van der Waals surface area contributed by atoms with E-state index in [0.29, 0.717) is 18.6 Å². The molecule has 0 saturated carbocycles. The quantitative estimate of drug-likeness (QED) is 0.800. The molecule has 0 unspecified atom stereocenters. The Bertz CT molecular complexity index is 734. The second-order valence-electron chi connectivity index (χ2n) is 4.46. The largest absolute Gasteiger partial charge is 0.494 e. The number of benzene rings is 1. The molecule has 21 heavy (non-hydrogen) atoms. The fraction of sp³-hybridized carbons (Fsp3) is 0.286. The normalized spacial score (nSPS) is 10.8. The van der Waals surface area contributed by atoms with Gasteiger partial charge in [-0.25, -0.2) is 4.79 Å². The van der Waals surface area contributed by atoms with E-state index in [0.717, 1.165) is 9.04 Å². The predicted molar refractivity (Wildman–Crippen MR) is 82.6 cm³/mol. The molecular weight excluding hydrogens is 340 g/mol. The minimum absolute atomic E-state index is 0.0829. The van der Waals surface area contributed by atoms with E-state index in [1.165, 1.54) is 0 Å². The zero-order valence-corrected chi connectivity index (χ0v) is 13.0. The number of hydrogen-bond donors (Lipinski definition) is 2. The van der Waals surface area contributed by atoms with Crippen molar-refractivity contribution in [1.82, 2.24) is 9.55 Å². The average Bonchev–Trinajstić information content (AvgIpc) is 2.44. The molecule has 0 aliphatic rings. The number of ether oxygens (including phenoxy) is 1. The van der Waals surface area contributed by atoms with Crippen LogP contribution in [-0.2, 0) is 11.3 Å². The molecule has 0 bridgehead atoms. The van der Waals surface area contributed by atoms with Gasteiger partial charge < -0.3 is 9.84 Å². The van der Waals surface area contributed by atoms with Gasteiger partial charge >= 0.3 is 5.69 Å². The van der Waals surface area contributed by atoms with Gasteiger partial charge in [-0.3, -0.25) is 14.3 Å². The zero-order valence-electron chi connectivity index (χ0n) is 11.4. The molecule has 0 spiro atoms. The Labute approximate surface area is 129 Å². The van der Waals surface area contributed by atoms with Gasteiger partial charge in [-0.05, 0) is 24.1 Å². The van der Waals surface area contributed by atoms with Crippen LogP contribution in [0.2, 0.25) is 0 Å². The summed E-state index contributed by atoms with van der Waals surface area (Å²) >= 11 is 3.31. The van der Waals surface area contributed by atoms with Gasteiger partial charge in [-0.2, -0.15) is 0 Å². The van der Waals surface area contributed by atoms with Crippen molar-refractivity contribution in [2.24, 2.45) is 0 Å². The van der Waals surface area contributed by atoms with Gasteiger partial charge in [-0.15, -0.1) is 0 Å². The first kappa shape index (κ1) is 15.5. The van der Waals surface area contributed by atoms with Crippen LogP contribution in [0.5, 0.6) is 5.88 Å². The molecule has 1 aromatic heterocycles. The summed E-state index contributed by atoms with van der Waals surface area (Å²) in [4.78, 5) is 26.0. The molecule has 0 atom stereocenters. The fourth-order valence-corrected chi connectivity index (χ4v) is 2.28. The van der Waals surface area contributed by atoms with Crippen LogP contribution in [0.15, 0.2) is 38.3 Å². The number of hydrogen-bond acceptors (Lipinski definition) is 4. The van der Waals surface area contributed by atoms with E-state index in [1.807, 2.05) is 0 Å². The maximum atomic E-state index is 12.0. The highest BCUT2D eigenvalue weighted by atomic mass is 79.9. The summed E-state index contributed by atoms with van der Waals surface area (Å²) in [6.07, 6.45) is 0.551. The van der Waals surface area contributed by atoms with Crippen LogP contribution in [0.25, 0.3) is 11.1 Å². The van der Waals surface area contributed by atoms with Crippen LogP contribution in [0.1, 0.15) is 6.42 Å². The van der Waals surface area contributed by atoms with Gasteiger partial charge in [0.05, 0.1) is 0 Å². The van der Waals surface area contributed by atoms with Crippen molar-refractivity contribution in [1.29, 1.82) is 0 Å². The third-order valence-electron chi connectivity index (χ3n) is 3.04. The van der Waals surface area contributed by atoms with Crippen molar-refractivity contribution < 1.29 is 9.84 Å². The molecule has 0 fully saturated rings. The highest BCUT2D eigenvalue weighted by molar-refractivity contribution is 9.10. The molecule has 2 rings (SSSR count). The first-order chi connectivity index (χ1) is 10.0. The summed E-state index contributed by atoms with van der Waals surface area (Å²) < 4.78 is 6.91. The van der Waals surface area contributed by atoms with Crippen molar-refractivity contribution in [3.05, 3.63) is 49.6 Å². The molecule has 6 nitrogen and oxygen atoms in total. The molecule has 2 aromatic rings. The number of methoxy groups -OCH3 is 1. The van der Waals surface area contributed by atoms with Gasteiger partial charge in [0.15, 0.2) is 0 Å². The number of halogens is 1. The second kappa shape index (κ2) is 6.73. The third kappa shape index (κ3) is 3.43. The standard InChI is InChI=1S/C14H15BrN2O4/c1-21-8-2-7-17-13(19)11(12(18)16-14(17)20)9-3-5-10(15)6-4-9/h3-6,19H,2,7-8H2,1H3,(H,16,18,20). The molecular formula is C14H15BrN2O4. The van der Waals surface area contributed by atoms with Crippen LogP contribution in [-0.4, -0.2) is 28.4 Å². The molecule has 0 amide bonds. The highest BCUT2D eigenvalue weighted by Crippen LogP contribution is 2.25. The van der Waals surface area contributed by atoms with Gasteiger partial charge in [0.25, 0.3) is 5.56 Å². The van der Waals surface area contributed by atoms with E-state index >= 15 is 0 Å². The smallest absolute Gasteiger partial charge is 0.331 e. The van der Waals surface area contributed by atoms with Crippen LogP contribution >= 0.6 is 15.9 Å². The summed E-state index contributed by atoms with van der Waals surface area (Å²) in [5, 5.41) is 10.3. The third-order valence-corrected chi connectivity index (χ3v) is 3.56. The number of aromatic amines is 1. The average molecular weight is 355 g/mol. The lowest BCUT2D eigenvalue weighted by Crippen LogP contribution is -2.31. The summed E-state index contributed by atoms with van der Waals surface area (Å²) in [5.41, 5.74) is -0.616. The van der Waals surface area contributed by atoms with Crippen molar-refractivity contribution in [2.45, 2.75) is 13.0 Å². The van der Waals surface area contributed by atoms with Crippen LogP contribution in [0, 0.1) is 0 Å². The number of nitrogens with zero attached hydrogens (tertiary/aromatic N) is 1. The SMILES string of the molecule is COCCCn1c(O)c(-c2ccc(Br)cc2)c(=O)[nH]c1=O. The molecule has 0 aliphatic heterocycles. The van der Waals surface area contributed by atoms with Crippen molar-refractivity contribution >= 4 is 15.9 Å². The van der Waals surface area contributed by atoms with Crippen LogP contribution in [0.4, 0.5) is 0 Å². The lowest BCUT2D eigenvalue weighted by atomic mass is 10.1. The van der Waals surface area contributed by atoms with Crippen LogP contribution < -0.4 is 11.2 Å². The molecule has 1 heterocycles. The zero-order chi connectivity index (χ0) is 15.4. The number of rotatable bonds is 5. The number of nitrogens with one attached hydrogen (secondary N) is 1. The Morgan fingerprint density at radius 1 is 1.29 bits per heavy atom. The minimum Gasteiger partial charge on any atom is -0.494 e. The second-order valence-corrected chi connectivity index (χ2v) is 5.38. The summed E-state index contributed by atoms with van der Waals surface area (Å²) in [6.45, 7) is 0.720. The molecule has 1 aromatic carbocycles. The molecule has 0 aliphatic carbocycles. The summed E-state index contributed by atoms with van der Waals surface area (Å²) in [5.74, 6) is -0.331. The summed E-state index contributed by atoms with van der Waals surface area (Å²) in [6, 6.07) is 6.90. The number of H-pyrrole nitrogens is 1. The van der Waals surface area contributed by atoms with E-state index in [-0.39, 0.29) is 18.0 Å². The number of aromatic nitrogens is 2. The Hall–Kier alpha value is -1.86. The van der Waals surface area contributed by atoms with Crippen LogP contribution in [0.3, 0.4) is 0 Å². The van der Waals surface area contributed by atoms with E-state index in [2.05, 4.69) is 20.9 Å². The Balaban J connectivity index is 2.51. The van der Waals surface area contributed by atoms with Gasteiger partial charge in [0.1, 0.15) is 5.56 Å². The van der Waals surface area contributed by atoms with Gasteiger partial charge in [0.2, 0.25) is 5.88 Å². The lowest BCUT2D eigenvalue weighted by Gasteiger charge is -2.11. The summed E-state index contributed by atoms with van der Waals surface area (Å²) in [7, 11) is 1.56. The van der Waals surface area contributed by atoms with Gasteiger partial charge in [0, 0.05) is 24.7 Å². The van der Waals surface area contributed by atoms with Gasteiger partial charge in [-0.1, -0.05) is 28.1 Å². The fourth-order valence-electron chi connectivity index (χ4n) is 2.01. The van der Waals surface area contributed by atoms with E-state index in [9.17, 15) is 14.7 Å². The monoisotopic (exact) mass is 354 g/mol. The van der Waals surface area contributed by atoms with Crippen molar-refractivity contribution in [3.63, 3.8) is 0 Å². The number of aromatic hydroxyl groups is 1. The first-order valence-corrected chi connectivity index (χ1v) is 7.15. The molecule has 0 radical (unpaired) electrons. The maximum absolute atomic E-state index is 12.0. The van der Waals surface area contributed by atoms with Crippen molar-refractivity contribution in [2.75, 3.05) is 13.7 Å². The minimum atomic E-state index is -0.630. The molecule has 0 saturated heterocycles. The van der Waals surface area contributed by atoms with E-state index in [1.54, 1.807) is 31.4 Å². The molecule has 2 N–H and O–H groups in total. The van der Waals surface area contributed by atoms with Crippen molar-refractivity contribution in [3.8, 4) is 17.0 Å². The predicted octanol–water partition coefficient (Wildman–Crippen LogP) is 1.71. The molecule has 7 heteroatoms. The maximum Gasteiger partial charge on any atom is 0.331 e. The molecule has 112 valence electrons. The van der Waals surface area contributed by atoms with E-state index in [4.69, 9.17) is 4.74 Å². The van der Waals surface area contributed by atoms with E-state index < -0.39 is 11.2 Å². The first-order valence-electron chi connectivity index (χ1n) is 6.35.